The lowest BCUT2D eigenvalue weighted by Crippen LogP contribution is -2.47. The van der Waals surface area contributed by atoms with Crippen LogP contribution in [-0.4, -0.2) is 42.9 Å². The second kappa shape index (κ2) is 6.94. The highest BCUT2D eigenvalue weighted by Gasteiger charge is 2.43. The molecule has 1 aliphatic heterocycles. The van der Waals surface area contributed by atoms with Crippen LogP contribution in [0.15, 0.2) is 58.3 Å². The van der Waals surface area contributed by atoms with Gasteiger partial charge in [0.1, 0.15) is 11.5 Å². The van der Waals surface area contributed by atoms with Crippen molar-refractivity contribution in [2.45, 2.75) is 41.8 Å². The molecule has 0 aliphatic carbocycles. The summed E-state index contributed by atoms with van der Waals surface area (Å²) in [6.45, 7) is 3.66. The number of hydrogen-bond donors (Lipinski definition) is 1. The Balaban J connectivity index is 1.80. The molecular formula is C19H20FNO5S. The maximum atomic E-state index is 13.0. The molecule has 2 aromatic rings. The first kappa shape index (κ1) is 19.3. The van der Waals surface area contributed by atoms with E-state index in [9.17, 15) is 22.7 Å². The van der Waals surface area contributed by atoms with Crippen molar-refractivity contribution >= 4 is 15.9 Å². The van der Waals surface area contributed by atoms with Crippen LogP contribution in [0.3, 0.4) is 0 Å². The highest BCUT2D eigenvalue weighted by molar-refractivity contribution is 7.91. The fourth-order valence-electron chi connectivity index (χ4n) is 3.25. The number of benzene rings is 2. The molecule has 1 fully saturated rings. The summed E-state index contributed by atoms with van der Waals surface area (Å²) in [5.41, 5.74) is -0.104. The van der Waals surface area contributed by atoms with Gasteiger partial charge in [-0.05, 0) is 62.2 Å². The first-order chi connectivity index (χ1) is 12.6. The summed E-state index contributed by atoms with van der Waals surface area (Å²) in [6.07, 6.45) is -0.648. The Morgan fingerprint density at radius 3 is 2.19 bits per heavy atom. The van der Waals surface area contributed by atoms with Crippen LogP contribution in [0.2, 0.25) is 0 Å². The summed E-state index contributed by atoms with van der Waals surface area (Å²) in [7, 11) is -3.74. The number of halogens is 1. The summed E-state index contributed by atoms with van der Waals surface area (Å²) < 4.78 is 43.8. The smallest absolute Gasteiger partial charge is 0.409 e. The van der Waals surface area contributed by atoms with Gasteiger partial charge in [-0.15, -0.1) is 0 Å². The van der Waals surface area contributed by atoms with Crippen molar-refractivity contribution < 1.29 is 27.4 Å². The first-order valence-corrected chi connectivity index (χ1v) is 9.85. The summed E-state index contributed by atoms with van der Waals surface area (Å²) in [5, 5.41) is 9.43. The molecule has 2 aromatic carbocycles. The lowest BCUT2D eigenvalue weighted by atomic mass is 10.1. The molecule has 6 nitrogen and oxygen atoms in total. The Kier molecular flexibility index (Phi) is 4.96. The average molecular weight is 393 g/mol. The second-order valence-electron chi connectivity index (χ2n) is 6.87. The molecular weight excluding hydrogens is 373 g/mol. The number of rotatable bonds is 4. The quantitative estimate of drug-likeness (QED) is 0.806. The fraction of sp³-hybridized carbons (Fsp3) is 0.316. The number of carbonyl (C=O) groups is 1. The third-order valence-electron chi connectivity index (χ3n) is 4.61. The third-order valence-corrected chi connectivity index (χ3v) is 6.39. The lowest BCUT2D eigenvalue weighted by Gasteiger charge is -2.31. The molecule has 1 heterocycles. The molecule has 0 spiro atoms. The van der Waals surface area contributed by atoms with E-state index in [4.69, 9.17) is 4.74 Å². The average Bonchev–Trinajstić information content (AvgIpc) is 2.90. The predicted octanol–water partition coefficient (Wildman–Crippen LogP) is 3.32. The molecule has 0 bridgehead atoms. The van der Waals surface area contributed by atoms with Gasteiger partial charge in [-0.3, -0.25) is 4.90 Å². The largest absolute Gasteiger partial charge is 0.465 e. The van der Waals surface area contributed by atoms with Crippen LogP contribution < -0.4 is 0 Å². The topological polar surface area (TPSA) is 83.9 Å². The van der Waals surface area contributed by atoms with Crippen molar-refractivity contribution in [1.29, 1.82) is 0 Å². The van der Waals surface area contributed by atoms with Crippen LogP contribution in [0.1, 0.15) is 19.4 Å². The zero-order chi connectivity index (χ0) is 19.8. The number of carboxylic acid groups (broad SMARTS) is 1. The highest BCUT2D eigenvalue weighted by Crippen LogP contribution is 2.29. The molecule has 0 radical (unpaired) electrons. The normalized spacial score (nSPS) is 19.2. The molecule has 0 aromatic heterocycles. The SMILES string of the molecule is CC1(C)OC[C@H](Cc2ccc(S(=O)(=O)c3ccc(F)cc3)cc2)N1C(=O)O. The van der Waals surface area contributed by atoms with Gasteiger partial charge >= 0.3 is 6.09 Å². The predicted molar refractivity (Wildman–Crippen MR) is 95.7 cm³/mol. The van der Waals surface area contributed by atoms with E-state index in [0.717, 1.165) is 17.7 Å². The number of nitrogens with zero attached hydrogens (tertiary/aromatic N) is 1. The molecule has 27 heavy (non-hydrogen) atoms. The monoisotopic (exact) mass is 393 g/mol. The minimum Gasteiger partial charge on any atom is -0.465 e. The van der Waals surface area contributed by atoms with Crippen molar-refractivity contribution in [1.82, 2.24) is 4.90 Å². The van der Waals surface area contributed by atoms with Gasteiger partial charge in [0.15, 0.2) is 0 Å². The number of amides is 1. The van der Waals surface area contributed by atoms with E-state index in [1.54, 1.807) is 26.0 Å². The summed E-state index contributed by atoms with van der Waals surface area (Å²) in [4.78, 5) is 12.9. The fourth-order valence-corrected chi connectivity index (χ4v) is 4.51. The summed E-state index contributed by atoms with van der Waals surface area (Å²) in [6, 6.07) is 10.6. The van der Waals surface area contributed by atoms with E-state index in [2.05, 4.69) is 0 Å². The highest BCUT2D eigenvalue weighted by atomic mass is 32.2. The molecule has 8 heteroatoms. The van der Waals surface area contributed by atoms with E-state index >= 15 is 0 Å². The third kappa shape index (κ3) is 3.81. The molecule has 1 amide bonds. The van der Waals surface area contributed by atoms with Gasteiger partial charge in [0, 0.05) is 0 Å². The van der Waals surface area contributed by atoms with Gasteiger partial charge in [-0.2, -0.15) is 0 Å². The maximum absolute atomic E-state index is 13.0. The Labute approximate surface area is 157 Å². The van der Waals surface area contributed by atoms with Crippen LogP contribution >= 0.6 is 0 Å². The lowest BCUT2D eigenvalue weighted by molar-refractivity contribution is -0.0419. The summed E-state index contributed by atoms with van der Waals surface area (Å²) in [5.74, 6) is -0.506. The van der Waals surface area contributed by atoms with Crippen LogP contribution in [0.25, 0.3) is 0 Å². The van der Waals surface area contributed by atoms with Crippen LogP contribution in [0.5, 0.6) is 0 Å². The Morgan fingerprint density at radius 2 is 1.67 bits per heavy atom. The number of ether oxygens (including phenoxy) is 1. The van der Waals surface area contributed by atoms with Crippen LogP contribution in [-0.2, 0) is 21.0 Å². The van der Waals surface area contributed by atoms with Crippen molar-refractivity contribution in [3.63, 3.8) is 0 Å². The van der Waals surface area contributed by atoms with Gasteiger partial charge in [0.2, 0.25) is 9.84 Å². The van der Waals surface area contributed by atoms with Gasteiger partial charge < -0.3 is 9.84 Å². The molecule has 144 valence electrons. The van der Waals surface area contributed by atoms with Crippen molar-refractivity contribution in [3.8, 4) is 0 Å². The summed E-state index contributed by atoms with van der Waals surface area (Å²) >= 11 is 0. The van der Waals surface area contributed by atoms with Crippen LogP contribution in [0.4, 0.5) is 9.18 Å². The molecule has 1 atom stereocenters. The van der Waals surface area contributed by atoms with Crippen LogP contribution in [0, 0.1) is 5.82 Å². The second-order valence-corrected chi connectivity index (χ2v) is 8.82. The minimum absolute atomic E-state index is 0.0136. The Bertz CT molecular complexity index is 939. The standard InChI is InChI=1S/C19H20FNO5S/c1-19(2)21(18(22)23)15(12-26-19)11-13-3-7-16(8-4-13)27(24,25)17-9-5-14(20)6-10-17/h3-10,15H,11-12H2,1-2H3,(H,22,23)/t15-/m0/s1. The van der Waals surface area contributed by atoms with Gasteiger partial charge in [0.05, 0.1) is 22.4 Å². The molecule has 0 unspecified atom stereocenters. The van der Waals surface area contributed by atoms with E-state index in [0.29, 0.717) is 6.42 Å². The van der Waals surface area contributed by atoms with E-state index < -0.39 is 27.5 Å². The maximum Gasteiger partial charge on any atom is 0.409 e. The van der Waals surface area contributed by atoms with E-state index in [-0.39, 0.29) is 22.4 Å². The zero-order valence-electron chi connectivity index (χ0n) is 14.9. The Hall–Kier alpha value is -2.45. The van der Waals surface area contributed by atoms with Crippen molar-refractivity contribution in [3.05, 3.63) is 59.9 Å². The molecule has 1 aliphatic rings. The van der Waals surface area contributed by atoms with Gasteiger partial charge in [-0.1, -0.05) is 12.1 Å². The first-order valence-electron chi connectivity index (χ1n) is 8.37. The molecule has 0 saturated carbocycles. The molecule has 1 saturated heterocycles. The van der Waals surface area contributed by atoms with Crippen molar-refractivity contribution in [2.24, 2.45) is 0 Å². The van der Waals surface area contributed by atoms with Gasteiger partial charge in [0.25, 0.3) is 0 Å². The van der Waals surface area contributed by atoms with Gasteiger partial charge in [-0.25, -0.2) is 17.6 Å². The van der Waals surface area contributed by atoms with E-state index in [1.165, 1.54) is 29.2 Å². The number of sulfone groups is 1. The van der Waals surface area contributed by atoms with Crippen molar-refractivity contribution in [2.75, 3.05) is 6.61 Å². The molecule has 1 N–H and O–H groups in total. The zero-order valence-corrected chi connectivity index (χ0v) is 15.7. The Morgan fingerprint density at radius 1 is 1.15 bits per heavy atom. The minimum atomic E-state index is -3.74. The molecule has 3 rings (SSSR count). The van der Waals surface area contributed by atoms with E-state index in [1.807, 2.05) is 0 Å². The number of hydrogen-bond acceptors (Lipinski definition) is 4.